The van der Waals surface area contributed by atoms with Crippen molar-refractivity contribution in [2.45, 2.75) is 26.4 Å². The highest BCUT2D eigenvalue weighted by molar-refractivity contribution is 6.31. The molecule has 3 nitrogen and oxygen atoms in total. The van der Waals surface area contributed by atoms with E-state index >= 15 is 0 Å². The number of carbonyl (C=O) groups excluding carboxylic acids is 1. The summed E-state index contributed by atoms with van der Waals surface area (Å²) in [6, 6.07) is 7.48. The SMILES string of the molecule is CCCCN(C)C(=O)COCc1ccccc1Cl. The van der Waals surface area contributed by atoms with E-state index in [9.17, 15) is 4.79 Å². The molecule has 1 aromatic rings. The van der Waals surface area contributed by atoms with Gasteiger partial charge in [0, 0.05) is 18.6 Å². The molecule has 0 aliphatic rings. The molecule has 0 spiro atoms. The number of amides is 1. The third-order valence-electron chi connectivity index (χ3n) is 2.71. The molecule has 0 fully saturated rings. The van der Waals surface area contributed by atoms with Crippen LogP contribution in [0, 0.1) is 0 Å². The number of ether oxygens (including phenoxy) is 1. The fraction of sp³-hybridized carbons (Fsp3) is 0.500. The van der Waals surface area contributed by atoms with Gasteiger partial charge in [-0.15, -0.1) is 0 Å². The van der Waals surface area contributed by atoms with Gasteiger partial charge in [0.05, 0.1) is 6.61 Å². The van der Waals surface area contributed by atoms with E-state index in [-0.39, 0.29) is 12.5 Å². The lowest BCUT2D eigenvalue weighted by atomic mass is 10.2. The Morgan fingerprint density at radius 2 is 2.11 bits per heavy atom. The third-order valence-corrected chi connectivity index (χ3v) is 3.08. The first-order valence-electron chi connectivity index (χ1n) is 6.20. The Balaban J connectivity index is 2.29. The molecule has 0 saturated heterocycles. The average Bonchev–Trinajstić information content (AvgIpc) is 2.38. The van der Waals surface area contributed by atoms with Crippen LogP contribution in [0.3, 0.4) is 0 Å². The molecule has 0 atom stereocenters. The van der Waals surface area contributed by atoms with Crippen molar-refractivity contribution in [2.24, 2.45) is 0 Å². The van der Waals surface area contributed by atoms with E-state index in [1.54, 1.807) is 11.9 Å². The van der Waals surface area contributed by atoms with Crippen LogP contribution in [0.1, 0.15) is 25.3 Å². The predicted molar refractivity (Wildman–Crippen MR) is 73.7 cm³/mol. The predicted octanol–water partition coefficient (Wildman–Crippen LogP) is 3.12. The van der Waals surface area contributed by atoms with Crippen LogP contribution in [0.25, 0.3) is 0 Å². The molecule has 100 valence electrons. The normalized spacial score (nSPS) is 10.4. The summed E-state index contributed by atoms with van der Waals surface area (Å²) >= 11 is 6.00. The van der Waals surface area contributed by atoms with Crippen molar-refractivity contribution >= 4 is 17.5 Å². The van der Waals surface area contributed by atoms with Crippen molar-refractivity contribution in [1.82, 2.24) is 4.90 Å². The topological polar surface area (TPSA) is 29.5 Å². The van der Waals surface area contributed by atoms with Gasteiger partial charge in [-0.25, -0.2) is 0 Å². The van der Waals surface area contributed by atoms with Crippen LogP contribution >= 0.6 is 11.6 Å². The lowest BCUT2D eigenvalue weighted by Gasteiger charge is -2.16. The molecular formula is C14H20ClNO2. The van der Waals surface area contributed by atoms with Gasteiger partial charge < -0.3 is 9.64 Å². The van der Waals surface area contributed by atoms with E-state index in [1.165, 1.54) is 0 Å². The van der Waals surface area contributed by atoms with Crippen LogP contribution < -0.4 is 0 Å². The number of hydrogen-bond acceptors (Lipinski definition) is 2. The Hall–Kier alpha value is -1.06. The number of likely N-dealkylation sites (N-methyl/N-ethyl adjacent to an activating group) is 1. The molecule has 0 unspecified atom stereocenters. The van der Waals surface area contributed by atoms with Crippen molar-refractivity contribution < 1.29 is 9.53 Å². The van der Waals surface area contributed by atoms with E-state index in [2.05, 4.69) is 6.92 Å². The maximum Gasteiger partial charge on any atom is 0.248 e. The summed E-state index contributed by atoms with van der Waals surface area (Å²) in [6.07, 6.45) is 2.10. The lowest BCUT2D eigenvalue weighted by Crippen LogP contribution is -2.31. The van der Waals surface area contributed by atoms with Crippen LogP contribution in [0.5, 0.6) is 0 Å². The zero-order valence-electron chi connectivity index (χ0n) is 11.0. The summed E-state index contributed by atoms with van der Waals surface area (Å²) in [5, 5.41) is 0.671. The number of halogens is 1. The number of hydrogen-bond donors (Lipinski definition) is 0. The number of benzene rings is 1. The molecule has 0 N–H and O–H groups in total. The monoisotopic (exact) mass is 269 g/mol. The van der Waals surface area contributed by atoms with Gasteiger partial charge in [-0.2, -0.15) is 0 Å². The molecule has 0 heterocycles. The Kier molecular flexibility index (Phi) is 6.76. The quantitative estimate of drug-likeness (QED) is 0.761. The van der Waals surface area contributed by atoms with Crippen LogP contribution in [0.4, 0.5) is 0 Å². The van der Waals surface area contributed by atoms with Gasteiger partial charge in [0.15, 0.2) is 0 Å². The van der Waals surface area contributed by atoms with Crippen molar-refractivity contribution in [3.63, 3.8) is 0 Å². The van der Waals surface area contributed by atoms with E-state index in [4.69, 9.17) is 16.3 Å². The molecule has 0 aliphatic carbocycles. The largest absolute Gasteiger partial charge is 0.367 e. The highest BCUT2D eigenvalue weighted by Gasteiger charge is 2.08. The Labute approximate surface area is 114 Å². The summed E-state index contributed by atoms with van der Waals surface area (Å²) < 4.78 is 5.39. The van der Waals surface area contributed by atoms with E-state index in [1.807, 2.05) is 24.3 Å². The zero-order valence-corrected chi connectivity index (χ0v) is 11.7. The fourth-order valence-electron chi connectivity index (χ4n) is 1.49. The van der Waals surface area contributed by atoms with Gasteiger partial charge in [-0.05, 0) is 18.1 Å². The van der Waals surface area contributed by atoms with Crippen LogP contribution in [-0.2, 0) is 16.1 Å². The average molecular weight is 270 g/mol. The van der Waals surface area contributed by atoms with E-state index < -0.39 is 0 Å². The van der Waals surface area contributed by atoms with E-state index in [0.717, 1.165) is 24.9 Å². The molecule has 0 bridgehead atoms. The first-order valence-corrected chi connectivity index (χ1v) is 6.58. The minimum atomic E-state index is 0.00973. The smallest absolute Gasteiger partial charge is 0.248 e. The minimum absolute atomic E-state index is 0.00973. The zero-order chi connectivity index (χ0) is 13.4. The van der Waals surface area contributed by atoms with Gasteiger partial charge in [0.2, 0.25) is 5.91 Å². The number of nitrogens with zero attached hydrogens (tertiary/aromatic N) is 1. The van der Waals surface area contributed by atoms with Crippen molar-refractivity contribution in [3.8, 4) is 0 Å². The van der Waals surface area contributed by atoms with Crippen molar-refractivity contribution in [3.05, 3.63) is 34.9 Å². The number of carbonyl (C=O) groups is 1. The lowest BCUT2D eigenvalue weighted by molar-refractivity contribution is -0.135. The Morgan fingerprint density at radius 1 is 1.39 bits per heavy atom. The molecule has 0 radical (unpaired) electrons. The van der Waals surface area contributed by atoms with Crippen LogP contribution in [0.2, 0.25) is 5.02 Å². The highest BCUT2D eigenvalue weighted by atomic mass is 35.5. The standard InChI is InChI=1S/C14H20ClNO2/c1-3-4-9-16(2)14(17)11-18-10-12-7-5-6-8-13(12)15/h5-8H,3-4,9-11H2,1-2H3. The molecule has 0 saturated carbocycles. The third kappa shape index (κ3) is 5.07. The molecule has 4 heteroatoms. The fourth-order valence-corrected chi connectivity index (χ4v) is 1.68. The van der Waals surface area contributed by atoms with Crippen LogP contribution in [-0.4, -0.2) is 31.0 Å². The molecule has 0 aromatic heterocycles. The first kappa shape index (κ1) is 15.0. The summed E-state index contributed by atoms with van der Waals surface area (Å²) in [4.78, 5) is 13.4. The summed E-state index contributed by atoms with van der Waals surface area (Å²) in [5.74, 6) is 0.00973. The van der Waals surface area contributed by atoms with Crippen LogP contribution in [0.15, 0.2) is 24.3 Å². The molecule has 0 aliphatic heterocycles. The molecule has 1 aromatic carbocycles. The molecular weight excluding hydrogens is 250 g/mol. The second kappa shape index (κ2) is 8.11. The first-order chi connectivity index (χ1) is 8.65. The Morgan fingerprint density at radius 3 is 2.78 bits per heavy atom. The Bertz CT molecular complexity index is 382. The molecule has 1 rings (SSSR count). The van der Waals surface area contributed by atoms with Gasteiger partial charge >= 0.3 is 0 Å². The van der Waals surface area contributed by atoms with Gasteiger partial charge in [-0.1, -0.05) is 43.1 Å². The van der Waals surface area contributed by atoms with Gasteiger partial charge in [-0.3, -0.25) is 4.79 Å². The molecule has 18 heavy (non-hydrogen) atoms. The number of rotatable bonds is 7. The summed E-state index contributed by atoms with van der Waals surface area (Å²) in [7, 11) is 1.80. The van der Waals surface area contributed by atoms with E-state index in [0.29, 0.717) is 11.6 Å². The second-order valence-corrected chi connectivity index (χ2v) is 4.66. The van der Waals surface area contributed by atoms with Gasteiger partial charge in [0.1, 0.15) is 6.61 Å². The van der Waals surface area contributed by atoms with Gasteiger partial charge in [0.25, 0.3) is 0 Å². The summed E-state index contributed by atoms with van der Waals surface area (Å²) in [5.41, 5.74) is 0.906. The molecule has 1 amide bonds. The highest BCUT2D eigenvalue weighted by Crippen LogP contribution is 2.15. The number of unbranched alkanes of at least 4 members (excludes halogenated alkanes) is 1. The second-order valence-electron chi connectivity index (χ2n) is 4.25. The van der Waals surface area contributed by atoms with Crippen molar-refractivity contribution in [1.29, 1.82) is 0 Å². The maximum atomic E-state index is 11.7. The maximum absolute atomic E-state index is 11.7. The summed E-state index contributed by atoms with van der Waals surface area (Å²) in [6.45, 7) is 3.36. The minimum Gasteiger partial charge on any atom is -0.367 e. The van der Waals surface area contributed by atoms with Crippen molar-refractivity contribution in [2.75, 3.05) is 20.2 Å².